The van der Waals surface area contributed by atoms with E-state index in [1.165, 1.54) is 24.3 Å². The minimum absolute atomic E-state index is 0.0604. The summed E-state index contributed by atoms with van der Waals surface area (Å²) < 4.78 is 26.9. The number of anilines is 2. The summed E-state index contributed by atoms with van der Waals surface area (Å²) in [6.07, 6.45) is 0. The summed E-state index contributed by atoms with van der Waals surface area (Å²) in [4.78, 5) is 11.0. The molecule has 0 aliphatic heterocycles. The minimum Gasteiger partial charge on any atom is -0.388 e. The third-order valence-corrected chi connectivity index (χ3v) is 4.27. The second kappa shape index (κ2) is 5.84. The zero-order valence-corrected chi connectivity index (χ0v) is 12.1. The van der Waals surface area contributed by atoms with Gasteiger partial charge in [-0.1, -0.05) is 0 Å². The van der Waals surface area contributed by atoms with Gasteiger partial charge in [-0.15, -0.1) is 0 Å². The first-order valence-electron chi connectivity index (χ1n) is 6.13. The van der Waals surface area contributed by atoms with Gasteiger partial charge in [0.05, 0.1) is 4.90 Å². The van der Waals surface area contributed by atoms with Crippen molar-refractivity contribution in [3.63, 3.8) is 0 Å². The summed E-state index contributed by atoms with van der Waals surface area (Å²) in [6.45, 7) is 0. The Morgan fingerprint density at radius 2 is 1.48 bits per heavy atom. The fourth-order valence-electron chi connectivity index (χ4n) is 1.72. The van der Waals surface area contributed by atoms with Crippen molar-refractivity contribution in [3.8, 4) is 0 Å². The third-order valence-electron chi connectivity index (χ3n) is 2.87. The van der Waals surface area contributed by atoms with E-state index in [0.717, 1.165) is 5.69 Å². The van der Waals surface area contributed by atoms with Crippen molar-refractivity contribution in [3.05, 3.63) is 54.1 Å². The molecule has 0 aromatic heterocycles. The summed E-state index contributed by atoms with van der Waals surface area (Å²) in [5.74, 6) is -0.602. The lowest BCUT2D eigenvalue weighted by atomic mass is 10.2. The van der Waals surface area contributed by atoms with Crippen LogP contribution >= 0.6 is 0 Å². The van der Waals surface area contributed by atoms with Crippen molar-refractivity contribution in [1.29, 1.82) is 0 Å². The van der Waals surface area contributed by atoms with Gasteiger partial charge in [0, 0.05) is 24.0 Å². The first-order valence-corrected chi connectivity index (χ1v) is 7.61. The van der Waals surface area contributed by atoms with E-state index >= 15 is 0 Å². The number of hydrogen-bond acceptors (Lipinski definition) is 4. The molecule has 0 saturated carbocycles. The average Bonchev–Trinajstić information content (AvgIpc) is 2.48. The molecule has 0 aliphatic carbocycles. The number of primary amides is 1. The largest absolute Gasteiger partial charge is 0.388 e. The molecular formula is C14H15N3O3S. The van der Waals surface area contributed by atoms with Gasteiger partial charge in [-0.05, 0) is 48.5 Å². The summed E-state index contributed by atoms with van der Waals surface area (Å²) in [7, 11) is -1.92. The Morgan fingerprint density at radius 3 is 1.95 bits per heavy atom. The van der Waals surface area contributed by atoms with Crippen LogP contribution in [0.25, 0.3) is 0 Å². The van der Waals surface area contributed by atoms with Crippen molar-refractivity contribution in [2.75, 3.05) is 17.1 Å². The van der Waals surface area contributed by atoms with Gasteiger partial charge in [0.15, 0.2) is 0 Å². The number of carbonyl (C=O) groups is 1. The Bertz CT molecular complexity index is 738. The van der Waals surface area contributed by atoms with Crippen LogP contribution in [0.5, 0.6) is 0 Å². The Balaban J connectivity index is 2.22. The maximum absolute atomic E-state index is 12.2. The molecule has 0 fully saturated rings. The Hall–Kier alpha value is -2.54. The van der Waals surface area contributed by atoms with Crippen molar-refractivity contribution >= 4 is 27.3 Å². The number of rotatable bonds is 5. The highest BCUT2D eigenvalue weighted by molar-refractivity contribution is 7.92. The second-order valence-electron chi connectivity index (χ2n) is 4.32. The molecule has 6 nitrogen and oxygen atoms in total. The lowest BCUT2D eigenvalue weighted by molar-refractivity contribution is 0.1000. The van der Waals surface area contributed by atoms with E-state index < -0.39 is 15.9 Å². The van der Waals surface area contributed by atoms with Crippen LogP contribution < -0.4 is 15.8 Å². The number of carbonyl (C=O) groups excluding carboxylic acids is 1. The zero-order chi connectivity index (χ0) is 15.5. The summed E-state index contributed by atoms with van der Waals surface area (Å²) in [5.41, 5.74) is 6.70. The van der Waals surface area contributed by atoms with Gasteiger partial charge in [-0.25, -0.2) is 8.42 Å². The van der Waals surface area contributed by atoms with Gasteiger partial charge in [0.2, 0.25) is 5.91 Å². The molecule has 2 aromatic carbocycles. The standard InChI is InChI=1S/C14H15N3O3S/c1-16-11-4-6-12(7-5-11)17-21(19,20)13-8-2-10(3-9-13)14(15)18/h2-9,16-17H,1H3,(H2,15,18). The number of benzene rings is 2. The maximum atomic E-state index is 12.2. The van der Waals surface area contributed by atoms with Gasteiger partial charge < -0.3 is 11.1 Å². The minimum atomic E-state index is -3.70. The highest BCUT2D eigenvalue weighted by Gasteiger charge is 2.14. The van der Waals surface area contributed by atoms with Crippen LogP contribution in [0, 0.1) is 0 Å². The van der Waals surface area contributed by atoms with Crippen molar-refractivity contribution in [1.82, 2.24) is 0 Å². The first kappa shape index (κ1) is 14.9. The topological polar surface area (TPSA) is 101 Å². The van der Waals surface area contributed by atoms with Crippen LogP contribution in [0.15, 0.2) is 53.4 Å². The Morgan fingerprint density at radius 1 is 0.952 bits per heavy atom. The van der Waals surface area contributed by atoms with Crippen LogP contribution in [-0.2, 0) is 10.0 Å². The van der Waals surface area contributed by atoms with Crippen LogP contribution in [0.3, 0.4) is 0 Å². The SMILES string of the molecule is CNc1ccc(NS(=O)(=O)c2ccc(C(N)=O)cc2)cc1. The highest BCUT2D eigenvalue weighted by atomic mass is 32.2. The Kier molecular flexibility index (Phi) is 4.13. The number of nitrogens with one attached hydrogen (secondary N) is 2. The van der Waals surface area contributed by atoms with Gasteiger partial charge in [0.25, 0.3) is 10.0 Å². The normalized spacial score (nSPS) is 10.9. The molecule has 21 heavy (non-hydrogen) atoms. The van der Waals surface area contributed by atoms with Crippen molar-refractivity contribution in [2.24, 2.45) is 5.73 Å². The molecule has 2 aromatic rings. The maximum Gasteiger partial charge on any atom is 0.261 e. The monoisotopic (exact) mass is 305 g/mol. The average molecular weight is 305 g/mol. The number of hydrogen-bond donors (Lipinski definition) is 3. The molecule has 1 amide bonds. The Labute approximate surface area is 123 Å². The van der Waals surface area contributed by atoms with E-state index in [-0.39, 0.29) is 10.5 Å². The molecule has 2 rings (SSSR count). The molecule has 0 spiro atoms. The molecule has 0 unspecified atom stereocenters. The number of nitrogens with two attached hydrogens (primary N) is 1. The van der Waals surface area contributed by atoms with E-state index in [1.54, 1.807) is 31.3 Å². The van der Waals surface area contributed by atoms with Crippen LogP contribution in [0.4, 0.5) is 11.4 Å². The molecule has 110 valence electrons. The molecule has 0 atom stereocenters. The van der Waals surface area contributed by atoms with Gasteiger partial charge in [-0.2, -0.15) is 0 Å². The fraction of sp³-hybridized carbons (Fsp3) is 0.0714. The van der Waals surface area contributed by atoms with E-state index in [0.29, 0.717) is 5.69 Å². The van der Waals surface area contributed by atoms with E-state index in [1.807, 2.05) is 0 Å². The van der Waals surface area contributed by atoms with Crippen LogP contribution in [-0.4, -0.2) is 21.4 Å². The quantitative estimate of drug-likeness (QED) is 0.781. The second-order valence-corrected chi connectivity index (χ2v) is 6.00. The molecular weight excluding hydrogens is 290 g/mol. The fourth-order valence-corrected chi connectivity index (χ4v) is 2.78. The summed E-state index contributed by atoms with van der Waals surface area (Å²) >= 11 is 0. The highest BCUT2D eigenvalue weighted by Crippen LogP contribution is 2.18. The molecule has 0 aliphatic rings. The lowest BCUT2D eigenvalue weighted by Gasteiger charge is -2.09. The predicted octanol–water partition coefficient (Wildman–Crippen LogP) is 1.63. The van der Waals surface area contributed by atoms with Crippen molar-refractivity contribution in [2.45, 2.75) is 4.90 Å². The number of sulfonamides is 1. The molecule has 0 radical (unpaired) electrons. The van der Waals surface area contributed by atoms with E-state index in [2.05, 4.69) is 10.0 Å². The summed E-state index contributed by atoms with van der Waals surface area (Å²) in [6, 6.07) is 12.3. The lowest BCUT2D eigenvalue weighted by Crippen LogP contribution is -2.14. The molecule has 4 N–H and O–H groups in total. The van der Waals surface area contributed by atoms with Gasteiger partial charge in [0.1, 0.15) is 0 Å². The summed E-state index contributed by atoms with van der Waals surface area (Å²) in [5, 5.41) is 2.94. The van der Waals surface area contributed by atoms with Gasteiger partial charge in [-0.3, -0.25) is 9.52 Å². The molecule has 0 saturated heterocycles. The van der Waals surface area contributed by atoms with E-state index in [4.69, 9.17) is 5.73 Å². The zero-order valence-electron chi connectivity index (χ0n) is 11.3. The van der Waals surface area contributed by atoms with Crippen LogP contribution in [0.1, 0.15) is 10.4 Å². The van der Waals surface area contributed by atoms with Crippen molar-refractivity contribution < 1.29 is 13.2 Å². The molecule has 7 heteroatoms. The predicted molar refractivity (Wildman–Crippen MR) is 81.8 cm³/mol. The van der Waals surface area contributed by atoms with Crippen LogP contribution in [0.2, 0.25) is 0 Å². The molecule has 0 heterocycles. The van der Waals surface area contributed by atoms with E-state index in [9.17, 15) is 13.2 Å². The third kappa shape index (κ3) is 3.51. The smallest absolute Gasteiger partial charge is 0.261 e. The number of amides is 1. The first-order chi connectivity index (χ1) is 9.92. The van der Waals surface area contributed by atoms with Gasteiger partial charge >= 0.3 is 0 Å². The molecule has 0 bridgehead atoms.